The molecule has 3 heteroatoms. The molecule has 0 aliphatic heterocycles. The van der Waals surface area contributed by atoms with E-state index in [9.17, 15) is 9.18 Å². The van der Waals surface area contributed by atoms with Crippen molar-refractivity contribution in [2.75, 3.05) is 0 Å². The molecule has 2 aromatic rings. The largest absolute Gasteiger partial charge is 0.288 e. The van der Waals surface area contributed by atoms with Gasteiger partial charge in [-0.3, -0.25) is 4.79 Å². The zero-order valence-corrected chi connectivity index (χ0v) is 11.7. The molecule has 0 spiro atoms. The summed E-state index contributed by atoms with van der Waals surface area (Å²) in [5, 5.41) is 0. The lowest BCUT2D eigenvalue weighted by molar-refractivity contribution is 0.103. The minimum atomic E-state index is -0.487. The van der Waals surface area contributed by atoms with E-state index in [0.29, 0.717) is 5.56 Å². The second kappa shape index (κ2) is 5.02. The van der Waals surface area contributed by atoms with E-state index < -0.39 is 5.82 Å². The highest BCUT2D eigenvalue weighted by atomic mass is 79.9. The van der Waals surface area contributed by atoms with Crippen molar-refractivity contribution in [3.05, 3.63) is 68.9 Å². The highest BCUT2D eigenvalue weighted by Crippen LogP contribution is 2.24. The monoisotopic (exact) mass is 306 g/mol. The molecule has 0 radical (unpaired) electrons. The third kappa shape index (κ3) is 2.36. The minimum Gasteiger partial charge on any atom is -0.288 e. The Morgan fingerprint density at radius 2 is 1.83 bits per heavy atom. The topological polar surface area (TPSA) is 17.1 Å². The maximum atomic E-state index is 13.7. The van der Waals surface area contributed by atoms with E-state index in [1.807, 2.05) is 19.9 Å². The summed E-state index contributed by atoms with van der Waals surface area (Å²) >= 11 is 3.38. The Hall–Kier alpha value is -1.48. The van der Waals surface area contributed by atoms with Gasteiger partial charge in [-0.05, 0) is 53.5 Å². The maximum absolute atomic E-state index is 13.7. The van der Waals surface area contributed by atoms with E-state index in [-0.39, 0.29) is 11.3 Å². The summed E-state index contributed by atoms with van der Waals surface area (Å²) in [6, 6.07) is 9.94. The van der Waals surface area contributed by atoms with Gasteiger partial charge in [0, 0.05) is 10.0 Å². The predicted octanol–water partition coefficient (Wildman–Crippen LogP) is 4.44. The first-order valence-electron chi connectivity index (χ1n) is 5.56. The molecule has 0 amide bonds. The second-order valence-electron chi connectivity index (χ2n) is 4.25. The van der Waals surface area contributed by atoms with Gasteiger partial charge in [-0.25, -0.2) is 4.39 Å². The number of halogens is 2. The molecule has 0 aliphatic rings. The molecule has 0 atom stereocenters. The van der Waals surface area contributed by atoms with Gasteiger partial charge in [0.05, 0.1) is 5.56 Å². The first-order valence-corrected chi connectivity index (χ1v) is 6.36. The Labute approximate surface area is 114 Å². The van der Waals surface area contributed by atoms with Crippen molar-refractivity contribution in [3.8, 4) is 0 Å². The lowest BCUT2D eigenvalue weighted by Crippen LogP contribution is -2.06. The van der Waals surface area contributed by atoms with Gasteiger partial charge in [0.25, 0.3) is 0 Å². The standard InChI is InChI=1S/C15H12BrFO/c1-9-6-7-13(17)12(8-9)15(18)11-5-3-4-10(2)14(11)16/h3-8H,1-2H3. The fourth-order valence-electron chi connectivity index (χ4n) is 1.78. The van der Waals surface area contributed by atoms with Crippen LogP contribution in [-0.4, -0.2) is 5.78 Å². The minimum absolute atomic E-state index is 0.112. The normalized spacial score (nSPS) is 10.4. The second-order valence-corrected chi connectivity index (χ2v) is 5.04. The molecular weight excluding hydrogens is 295 g/mol. The van der Waals surface area contributed by atoms with Gasteiger partial charge in [0.1, 0.15) is 5.82 Å². The number of ketones is 1. The molecule has 0 N–H and O–H groups in total. The van der Waals surface area contributed by atoms with Crippen LogP contribution in [0.25, 0.3) is 0 Å². The number of aryl methyl sites for hydroxylation is 2. The number of rotatable bonds is 2. The summed E-state index contributed by atoms with van der Waals surface area (Å²) in [6.45, 7) is 3.73. The predicted molar refractivity (Wildman–Crippen MR) is 73.4 cm³/mol. The molecule has 0 heterocycles. The zero-order valence-electron chi connectivity index (χ0n) is 10.1. The molecule has 0 saturated carbocycles. The van der Waals surface area contributed by atoms with E-state index in [1.54, 1.807) is 24.3 Å². The van der Waals surface area contributed by atoms with Crippen LogP contribution >= 0.6 is 15.9 Å². The van der Waals surface area contributed by atoms with Gasteiger partial charge in [-0.15, -0.1) is 0 Å². The van der Waals surface area contributed by atoms with Crippen LogP contribution in [0.1, 0.15) is 27.0 Å². The summed E-state index contributed by atoms with van der Waals surface area (Å²) in [7, 11) is 0. The van der Waals surface area contributed by atoms with Crippen molar-refractivity contribution >= 4 is 21.7 Å². The van der Waals surface area contributed by atoms with Crippen molar-refractivity contribution in [1.82, 2.24) is 0 Å². The Balaban J connectivity index is 2.55. The van der Waals surface area contributed by atoms with Gasteiger partial charge in [-0.2, -0.15) is 0 Å². The van der Waals surface area contributed by atoms with Crippen molar-refractivity contribution < 1.29 is 9.18 Å². The zero-order chi connectivity index (χ0) is 13.3. The van der Waals surface area contributed by atoms with E-state index in [2.05, 4.69) is 15.9 Å². The van der Waals surface area contributed by atoms with E-state index >= 15 is 0 Å². The number of carbonyl (C=O) groups is 1. The molecular formula is C15H12BrFO. The van der Waals surface area contributed by atoms with Gasteiger partial charge in [-0.1, -0.05) is 23.8 Å². The van der Waals surface area contributed by atoms with Gasteiger partial charge in [0.15, 0.2) is 5.78 Å². The van der Waals surface area contributed by atoms with Crippen LogP contribution in [-0.2, 0) is 0 Å². The number of hydrogen-bond acceptors (Lipinski definition) is 1. The molecule has 2 aromatic carbocycles. The van der Waals surface area contributed by atoms with Crippen molar-refractivity contribution in [2.24, 2.45) is 0 Å². The summed E-state index contributed by atoms with van der Waals surface area (Å²) in [5.41, 5.74) is 2.42. The average molecular weight is 307 g/mol. The quantitative estimate of drug-likeness (QED) is 0.750. The first kappa shape index (κ1) is 13.0. The molecule has 92 valence electrons. The van der Waals surface area contributed by atoms with Crippen LogP contribution in [0.15, 0.2) is 40.9 Å². The van der Waals surface area contributed by atoms with Gasteiger partial charge in [0.2, 0.25) is 0 Å². The van der Waals surface area contributed by atoms with Crippen molar-refractivity contribution in [1.29, 1.82) is 0 Å². The number of benzene rings is 2. The fourth-order valence-corrected chi connectivity index (χ4v) is 2.23. The average Bonchev–Trinajstić information content (AvgIpc) is 2.35. The lowest BCUT2D eigenvalue weighted by atomic mass is 10.00. The molecule has 0 aromatic heterocycles. The van der Waals surface area contributed by atoms with E-state index in [0.717, 1.165) is 15.6 Å². The smallest absolute Gasteiger partial charge is 0.197 e. The van der Waals surface area contributed by atoms with Crippen LogP contribution in [0, 0.1) is 19.7 Å². The van der Waals surface area contributed by atoms with Crippen LogP contribution in [0.2, 0.25) is 0 Å². The van der Waals surface area contributed by atoms with Gasteiger partial charge < -0.3 is 0 Å². The summed E-state index contributed by atoms with van der Waals surface area (Å²) in [4.78, 5) is 12.3. The number of carbonyl (C=O) groups excluding carboxylic acids is 1. The molecule has 18 heavy (non-hydrogen) atoms. The van der Waals surface area contributed by atoms with Crippen LogP contribution in [0.4, 0.5) is 4.39 Å². The van der Waals surface area contributed by atoms with Gasteiger partial charge >= 0.3 is 0 Å². The number of hydrogen-bond donors (Lipinski definition) is 0. The van der Waals surface area contributed by atoms with Crippen LogP contribution in [0.5, 0.6) is 0 Å². The first-order chi connectivity index (χ1) is 8.50. The molecule has 0 fully saturated rings. The van der Waals surface area contributed by atoms with Crippen LogP contribution in [0.3, 0.4) is 0 Å². The SMILES string of the molecule is Cc1ccc(F)c(C(=O)c2cccc(C)c2Br)c1. The van der Waals surface area contributed by atoms with Crippen LogP contribution < -0.4 is 0 Å². The summed E-state index contributed by atoms with van der Waals surface area (Å²) < 4.78 is 14.4. The molecule has 0 bridgehead atoms. The summed E-state index contributed by atoms with van der Waals surface area (Å²) in [6.07, 6.45) is 0. The molecule has 2 rings (SSSR count). The third-order valence-electron chi connectivity index (χ3n) is 2.80. The van der Waals surface area contributed by atoms with E-state index in [4.69, 9.17) is 0 Å². The molecule has 1 nitrogen and oxygen atoms in total. The highest BCUT2D eigenvalue weighted by Gasteiger charge is 2.17. The summed E-state index contributed by atoms with van der Waals surface area (Å²) in [5.74, 6) is -0.786. The Kier molecular flexibility index (Phi) is 3.62. The fraction of sp³-hybridized carbons (Fsp3) is 0.133. The molecule has 0 unspecified atom stereocenters. The Bertz CT molecular complexity index is 616. The van der Waals surface area contributed by atoms with E-state index in [1.165, 1.54) is 6.07 Å². The third-order valence-corrected chi connectivity index (χ3v) is 3.86. The molecule has 0 aliphatic carbocycles. The maximum Gasteiger partial charge on any atom is 0.197 e. The Morgan fingerprint density at radius 3 is 2.56 bits per heavy atom. The molecule has 0 saturated heterocycles. The Morgan fingerprint density at radius 1 is 1.11 bits per heavy atom. The van der Waals surface area contributed by atoms with Crippen molar-refractivity contribution in [3.63, 3.8) is 0 Å². The van der Waals surface area contributed by atoms with Crippen molar-refractivity contribution in [2.45, 2.75) is 13.8 Å². The lowest BCUT2D eigenvalue weighted by Gasteiger charge is -2.07. The highest BCUT2D eigenvalue weighted by molar-refractivity contribution is 9.10.